The molecule has 0 saturated carbocycles. The highest BCUT2D eigenvalue weighted by atomic mass is 16.3. The molecule has 0 amide bonds. The summed E-state index contributed by atoms with van der Waals surface area (Å²) in [6, 6.07) is 87.8. The minimum Gasteiger partial charge on any atom is -0.456 e. The molecule has 0 unspecified atom stereocenters. The van der Waals surface area contributed by atoms with Crippen molar-refractivity contribution in [1.29, 1.82) is 0 Å². The first-order valence-corrected chi connectivity index (χ1v) is 25.6. The minimum atomic E-state index is 0.575. The summed E-state index contributed by atoms with van der Waals surface area (Å²) in [5, 5.41) is 9.06. The number of fused-ring (bicyclic) bond motifs is 12. The highest BCUT2D eigenvalue weighted by molar-refractivity contribution is 6.13. The maximum atomic E-state index is 6.23. The van der Waals surface area contributed by atoms with E-state index in [9.17, 15) is 0 Å². The summed E-state index contributed by atoms with van der Waals surface area (Å²) in [4.78, 5) is 15.7. The van der Waals surface area contributed by atoms with Crippen molar-refractivity contribution in [3.8, 4) is 67.8 Å². The second-order valence-electron chi connectivity index (χ2n) is 19.6. The van der Waals surface area contributed by atoms with Crippen LogP contribution in [0.4, 0.5) is 0 Å². The van der Waals surface area contributed by atoms with Crippen LogP contribution in [0.3, 0.4) is 0 Å². The molecule has 0 spiro atoms. The second-order valence-corrected chi connectivity index (χ2v) is 19.6. The Hall–Kier alpha value is -10.4. The van der Waals surface area contributed by atoms with E-state index in [-0.39, 0.29) is 0 Å². The van der Waals surface area contributed by atoms with Gasteiger partial charge in [-0.1, -0.05) is 158 Å². The Morgan fingerprint density at radius 2 is 0.566 bits per heavy atom. The van der Waals surface area contributed by atoms with E-state index >= 15 is 0 Å². The van der Waals surface area contributed by atoms with Crippen molar-refractivity contribution in [3.05, 3.63) is 249 Å². The quantitative estimate of drug-likeness (QED) is 0.159. The van der Waals surface area contributed by atoms with Gasteiger partial charge in [-0.05, 0) is 113 Å². The highest BCUT2D eigenvalue weighted by Crippen LogP contribution is 2.42. The molecule has 16 rings (SSSR count). The molecule has 5 aromatic heterocycles. The van der Waals surface area contributed by atoms with Gasteiger partial charge in [0.25, 0.3) is 0 Å². The SMILES string of the molecule is c1ccc(-c2nc(-c3ccccc3)nc(-c3cc(-n4c5ccccc5c5cc(-c6ccc7oc8ccccc8c7c6)ccc54)cc(-n4c5ccccc5c5cc(-c6ccc7oc8ccccc8c7c6)ccc54)c3)n2)cc1. The molecule has 16 aromatic rings. The molecule has 0 saturated heterocycles. The topological polar surface area (TPSA) is 74.8 Å². The van der Waals surface area contributed by atoms with Crippen molar-refractivity contribution in [2.45, 2.75) is 0 Å². The lowest BCUT2D eigenvalue weighted by atomic mass is 10.0. The van der Waals surface area contributed by atoms with E-state index in [0.29, 0.717) is 17.5 Å². The number of para-hydroxylation sites is 4. The summed E-state index contributed by atoms with van der Waals surface area (Å²) in [7, 11) is 0. The van der Waals surface area contributed by atoms with Gasteiger partial charge < -0.3 is 18.0 Å². The third-order valence-corrected chi connectivity index (χ3v) is 15.1. The predicted octanol–water partition coefficient (Wildman–Crippen LogP) is 18.2. The van der Waals surface area contributed by atoms with E-state index in [2.05, 4.69) is 197 Å². The molecular formula is C69H41N5O2. The molecule has 0 aliphatic rings. The number of nitrogens with zero attached hydrogens (tertiary/aromatic N) is 5. The van der Waals surface area contributed by atoms with Gasteiger partial charge in [0, 0.05) is 71.2 Å². The lowest BCUT2D eigenvalue weighted by Gasteiger charge is -2.16. The van der Waals surface area contributed by atoms with E-state index in [1.807, 2.05) is 60.7 Å². The normalized spacial score (nSPS) is 11.9. The number of benzene rings is 11. The van der Waals surface area contributed by atoms with Gasteiger partial charge in [-0.15, -0.1) is 0 Å². The zero-order chi connectivity index (χ0) is 49.8. The van der Waals surface area contributed by atoms with Crippen molar-refractivity contribution >= 4 is 87.5 Å². The Kier molecular flexibility index (Phi) is 9.20. The van der Waals surface area contributed by atoms with Crippen molar-refractivity contribution in [1.82, 2.24) is 24.1 Å². The average Bonchev–Trinajstić information content (AvgIpc) is 4.30. The molecule has 11 aromatic carbocycles. The van der Waals surface area contributed by atoms with E-state index in [1.165, 1.54) is 0 Å². The highest BCUT2D eigenvalue weighted by Gasteiger charge is 2.21. The van der Waals surface area contributed by atoms with Crippen LogP contribution in [-0.2, 0) is 0 Å². The minimum absolute atomic E-state index is 0.575. The molecule has 0 aliphatic heterocycles. The molecule has 0 N–H and O–H groups in total. The summed E-state index contributed by atoms with van der Waals surface area (Å²) >= 11 is 0. The van der Waals surface area contributed by atoms with Crippen molar-refractivity contribution < 1.29 is 8.83 Å². The second kappa shape index (κ2) is 16.6. The van der Waals surface area contributed by atoms with Crippen LogP contribution in [0.2, 0.25) is 0 Å². The molecule has 0 bridgehead atoms. The molecule has 0 atom stereocenters. The summed E-state index contributed by atoms with van der Waals surface area (Å²) in [6.45, 7) is 0. The predicted molar refractivity (Wildman–Crippen MR) is 310 cm³/mol. The number of furan rings is 2. The van der Waals surface area contributed by atoms with E-state index in [4.69, 9.17) is 23.8 Å². The number of hydrogen-bond donors (Lipinski definition) is 0. The third kappa shape index (κ3) is 6.66. The lowest BCUT2D eigenvalue weighted by molar-refractivity contribution is 0.668. The fourth-order valence-electron chi connectivity index (χ4n) is 11.6. The molecule has 7 heteroatoms. The van der Waals surface area contributed by atoms with Crippen LogP contribution in [0, 0.1) is 0 Å². The molecule has 5 heterocycles. The van der Waals surface area contributed by atoms with Crippen LogP contribution < -0.4 is 0 Å². The Morgan fingerprint density at radius 1 is 0.224 bits per heavy atom. The molecule has 354 valence electrons. The molecule has 0 radical (unpaired) electrons. The van der Waals surface area contributed by atoms with Crippen LogP contribution in [0.1, 0.15) is 0 Å². The maximum Gasteiger partial charge on any atom is 0.164 e. The first-order chi connectivity index (χ1) is 37.6. The summed E-state index contributed by atoms with van der Waals surface area (Å²) in [6.07, 6.45) is 0. The van der Waals surface area contributed by atoms with Gasteiger partial charge in [0.1, 0.15) is 22.3 Å². The fourth-order valence-corrected chi connectivity index (χ4v) is 11.6. The van der Waals surface area contributed by atoms with Crippen molar-refractivity contribution in [3.63, 3.8) is 0 Å². The fraction of sp³-hybridized carbons (Fsp3) is 0. The van der Waals surface area contributed by atoms with Gasteiger partial charge in [0.05, 0.1) is 22.1 Å². The molecule has 0 fully saturated rings. The molecule has 76 heavy (non-hydrogen) atoms. The molecule has 0 aliphatic carbocycles. The van der Waals surface area contributed by atoms with Gasteiger partial charge in [-0.25, -0.2) is 15.0 Å². The van der Waals surface area contributed by atoms with Crippen LogP contribution >= 0.6 is 0 Å². The Balaban J connectivity index is 0.931. The molecule has 7 nitrogen and oxygen atoms in total. The average molecular weight is 972 g/mol. The van der Waals surface area contributed by atoms with Crippen LogP contribution in [-0.4, -0.2) is 24.1 Å². The number of rotatable bonds is 7. The first kappa shape index (κ1) is 42.2. The Morgan fingerprint density at radius 3 is 1.03 bits per heavy atom. The van der Waals surface area contributed by atoms with Crippen LogP contribution in [0.5, 0.6) is 0 Å². The standard InChI is InChI=1S/C69H41N5O2/c1-3-15-42(16-4-1)67-70-68(43-17-5-2-6-18-43)72-69(71-67)48-35-49(73-59-23-11-7-19-51(59)55-37-44(27-31-61(55)73)46-29-33-65-57(39-46)53-21-9-13-25-63(53)75-65)41-50(36-48)74-60-24-12-8-20-52(60)56-38-45(28-32-62(56)74)47-30-34-66-58(40-47)54-22-10-14-26-64(54)76-66/h1-41H. The van der Waals surface area contributed by atoms with E-state index < -0.39 is 0 Å². The smallest absolute Gasteiger partial charge is 0.164 e. The van der Waals surface area contributed by atoms with Gasteiger partial charge in [-0.3, -0.25) is 0 Å². The van der Waals surface area contributed by atoms with Crippen molar-refractivity contribution in [2.24, 2.45) is 0 Å². The number of hydrogen-bond acceptors (Lipinski definition) is 5. The lowest BCUT2D eigenvalue weighted by Crippen LogP contribution is -2.03. The van der Waals surface area contributed by atoms with Gasteiger partial charge in [0.15, 0.2) is 17.5 Å². The van der Waals surface area contributed by atoms with Gasteiger partial charge >= 0.3 is 0 Å². The Bertz CT molecular complexity index is 4700. The maximum absolute atomic E-state index is 6.23. The van der Waals surface area contributed by atoms with E-state index in [0.717, 1.165) is 138 Å². The summed E-state index contributed by atoms with van der Waals surface area (Å²) < 4.78 is 17.3. The Labute approximate surface area is 434 Å². The van der Waals surface area contributed by atoms with Gasteiger partial charge in [0.2, 0.25) is 0 Å². The van der Waals surface area contributed by atoms with Crippen LogP contribution in [0.15, 0.2) is 258 Å². The summed E-state index contributed by atoms with van der Waals surface area (Å²) in [5.41, 5.74) is 17.1. The van der Waals surface area contributed by atoms with Crippen LogP contribution in [0.25, 0.3) is 155 Å². The monoisotopic (exact) mass is 971 g/mol. The molecular weight excluding hydrogens is 931 g/mol. The van der Waals surface area contributed by atoms with E-state index in [1.54, 1.807) is 0 Å². The van der Waals surface area contributed by atoms with Crippen molar-refractivity contribution in [2.75, 3.05) is 0 Å². The van der Waals surface area contributed by atoms with Gasteiger partial charge in [-0.2, -0.15) is 0 Å². The number of aromatic nitrogens is 5. The first-order valence-electron chi connectivity index (χ1n) is 25.6. The zero-order valence-electron chi connectivity index (χ0n) is 40.7. The largest absolute Gasteiger partial charge is 0.456 e. The third-order valence-electron chi connectivity index (χ3n) is 15.1. The zero-order valence-corrected chi connectivity index (χ0v) is 40.7. The summed E-state index contributed by atoms with van der Waals surface area (Å²) in [5.74, 6) is 1.79.